The number of aliphatic hydroxyl groups is 1. The molecule has 20 heavy (non-hydrogen) atoms. The maximum atomic E-state index is 11.5. The monoisotopic (exact) mass is 280 g/mol. The van der Waals surface area contributed by atoms with Crippen LogP contribution in [0.4, 0.5) is 10.5 Å². The van der Waals surface area contributed by atoms with Crippen LogP contribution in [0.25, 0.3) is 0 Å². The summed E-state index contributed by atoms with van der Waals surface area (Å²) in [6.45, 7) is 2.19. The summed E-state index contributed by atoms with van der Waals surface area (Å²) in [7, 11) is 0. The molecule has 0 fully saturated rings. The fraction of sp³-hybridized carbons (Fsp3) is 0.429. The van der Waals surface area contributed by atoms with Crippen molar-refractivity contribution in [2.45, 2.75) is 32.3 Å². The lowest BCUT2D eigenvalue weighted by atomic mass is 10.1. The van der Waals surface area contributed by atoms with Crippen LogP contribution in [0, 0.1) is 0 Å². The minimum absolute atomic E-state index is 0.0296. The number of anilines is 1. The van der Waals surface area contributed by atoms with Gasteiger partial charge in [-0.25, -0.2) is 9.59 Å². The number of rotatable bonds is 7. The number of urea groups is 1. The van der Waals surface area contributed by atoms with Gasteiger partial charge in [-0.2, -0.15) is 0 Å². The Morgan fingerprint density at radius 2 is 1.90 bits per heavy atom. The normalized spacial score (nSPS) is 11.7. The van der Waals surface area contributed by atoms with Crippen molar-refractivity contribution in [2.75, 3.05) is 11.9 Å². The average Bonchev–Trinajstić information content (AvgIpc) is 2.41. The van der Waals surface area contributed by atoms with E-state index in [1.54, 1.807) is 0 Å². The number of aryl methyl sites for hydroxylation is 1. The van der Waals surface area contributed by atoms with E-state index >= 15 is 0 Å². The SMILES string of the molecule is CCCc1ccc(NC(=O)NCC[C@H](O)C(=O)O)cc1. The molecule has 0 saturated carbocycles. The molecule has 110 valence electrons. The second-order valence-electron chi connectivity index (χ2n) is 4.47. The molecule has 0 aliphatic rings. The van der Waals surface area contributed by atoms with E-state index in [9.17, 15) is 9.59 Å². The third-order valence-corrected chi connectivity index (χ3v) is 2.74. The Balaban J connectivity index is 2.33. The summed E-state index contributed by atoms with van der Waals surface area (Å²) < 4.78 is 0. The first-order chi connectivity index (χ1) is 9.52. The van der Waals surface area contributed by atoms with E-state index in [0.29, 0.717) is 5.69 Å². The molecule has 0 spiro atoms. The zero-order valence-corrected chi connectivity index (χ0v) is 11.4. The molecule has 1 atom stereocenters. The molecular weight excluding hydrogens is 260 g/mol. The Bertz CT molecular complexity index is 445. The zero-order chi connectivity index (χ0) is 15.0. The zero-order valence-electron chi connectivity index (χ0n) is 11.4. The highest BCUT2D eigenvalue weighted by molar-refractivity contribution is 5.89. The van der Waals surface area contributed by atoms with Crippen molar-refractivity contribution in [3.8, 4) is 0 Å². The lowest BCUT2D eigenvalue weighted by Gasteiger charge is -2.09. The molecule has 0 aromatic heterocycles. The molecule has 6 heteroatoms. The summed E-state index contributed by atoms with van der Waals surface area (Å²) in [5.41, 5.74) is 1.88. The van der Waals surface area contributed by atoms with Crippen molar-refractivity contribution >= 4 is 17.7 Å². The van der Waals surface area contributed by atoms with Crippen LogP contribution in [0.1, 0.15) is 25.3 Å². The van der Waals surface area contributed by atoms with Gasteiger partial charge in [-0.05, 0) is 24.1 Å². The van der Waals surface area contributed by atoms with Gasteiger partial charge in [0.25, 0.3) is 0 Å². The predicted octanol–water partition coefficient (Wildman–Crippen LogP) is 1.60. The molecule has 0 heterocycles. The molecular formula is C14H20N2O4. The fourth-order valence-corrected chi connectivity index (χ4v) is 1.66. The molecule has 0 aliphatic carbocycles. The van der Waals surface area contributed by atoms with Crippen LogP contribution in [0.2, 0.25) is 0 Å². The van der Waals surface area contributed by atoms with Crippen LogP contribution < -0.4 is 10.6 Å². The highest BCUT2D eigenvalue weighted by atomic mass is 16.4. The van der Waals surface area contributed by atoms with Crippen molar-refractivity contribution in [3.05, 3.63) is 29.8 Å². The minimum atomic E-state index is -1.45. The lowest BCUT2D eigenvalue weighted by Crippen LogP contribution is -2.33. The smallest absolute Gasteiger partial charge is 0.332 e. The number of aliphatic hydroxyl groups excluding tert-OH is 1. The lowest BCUT2D eigenvalue weighted by molar-refractivity contribution is -0.146. The van der Waals surface area contributed by atoms with Gasteiger partial charge in [0, 0.05) is 18.7 Å². The highest BCUT2D eigenvalue weighted by Crippen LogP contribution is 2.10. The summed E-state index contributed by atoms with van der Waals surface area (Å²) in [6.07, 6.45) is 0.584. The van der Waals surface area contributed by atoms with E-state index in [-0.39, 0.29) is 13.0 Å². The fourth-order valence-electron chi connectivity index (χ4n) is 1.66. The molecule has 0 unspecified atom stereocenters. The number of carbonyl (C=O) groups excluding carboxylic acids is 1. The minimum Gasteiger partial charge on any atom is -0.479 e. The standard InChI is InChI=1S/C14H20N2O4/c1-2-3-10-4-6-11(7-5-10)16-14(20)15-9-8-12(17)13(18)19/h4-7,12,17H,2-3,8-9H2,1H3,(H,18,19)(H2,15,16,20)/t12-/m0/s1. The van der Waals surface area contributed by atoms with Gasteiger partial charge in [-0.1, -0.05) is 25.5 Å². The summed E-state index contributed by atoms with van der Waals surface area (Å²) in [5.74, 6) is -1.29. The van der Waals surface area contributed by atoms with Crippen LogP contribution in [0.15, 0.2) is 24.3 Å². The molecule has 0 radical (unpaired) electrons. The van der Waals surface area contributed by atoms with Gasteiger partial charge in [0.15, 0.2) is 6.10 Å². The quantitative estimate of drug-likeness (QED) is 0.609. The number of carbonyl (C=O) groups is 2. The second kappa shape index (κ2) is 8.16. The van der Waals surface area contributed by atoms with Crippen LogP contribution in [0.5, 0.6) is 0 Å². The number of carboxylic acid groups (broad SMARTS) is 1. The van der Waals surface area contributed by atoms with E-state index < -0.39 is 18.1 Å². The maximum Gasteiger partial charge on any atom is 0.332 e. The van der Waals surface area contributed by atoms with E-state index in [1.807, 2.05) is 24.3 Å². The van der Waals surface area contributed by atoms with E-state index in [2.05, 4.69) is 17.6 Å². The van der Waals surface area contributed by atoms with Crippen molar-refractivity contribution in [1.29, 1.82) is 0 Å². The van der Waals surface area contributed by atoms with Crippen molar-refractivity contribution in [2.24, 2.45) is 0 Å². The Kier molecular flexibility index (Phi) is 6.52. The number of benzene rings is 1. The number of hydrogen-bond acceptors (Lipinski definition) is 3. The van der Waals surface area contributed by atoms with Gasteiger partial charge in [0.2, 0.25) is 0 Å². The molecule has 0 saturated heterocycles. The Hall–Kier alpha value is -2.08. The Labute approximate surface area is 117 Å². The summed E-state index contributed by atoms with van der Waals surface area (Å²) >= 11 is 0. The molecule has 0 aliphatic heterocycles. The van der Waals surface area contributed by atoms with Gasteiger partial charge < -0.3 is 20.8 Å². The number of hydrogen-bond donors (Lipinski definition) is 4. The van der Waals surface area contributed by atoms with E-state index in [4.69, 9.17) is 10.2 Å². The predicted molar refractivity (Wildman–Crippen MR) is 75.7 cm³/mol. The van der Waals surface area contributed by atoms with Crippen LogP contribution in [-0.2, 0) is 11.2 Å². The maximum absolute atomic E-state index is 11.5. The van der Waals surface area contributed by atoms with E-state index in [1.165, 1.54) is 5.56 Å². The number of aliphatic carboxylic acids is 1. The average molecular weight is 280 g/mol. The van der Waals surface area contributed by atoms with Crippen molar-refractivity contribution in [1.82, 2.24) is 5.32 Å². The summed E-state index contributed by atoms with van der Waals surface area (Å²) in [4.78, 5) is 21.9. The van der Waals surface area contributed by atoms with E-state index in [0.717, 1.165) is 12.8 Å². The highest BCUT2D eigenvalue weighted by Gasteiger charge is 2.12. The third-order valence-electron chi connectivity index (χ3n) is 2.74. The molecule has 2 amide bonds. The first-order valence-corrected chi connectivity index (χ1v) is 6.57. The number of nitrogens with one attached hydrogen (secondary N) is 2. The van der Waals surface area contributed by atoms with Gasteiger partial charge in [0.05, 0.1) is 0 Å². The molecule has 1 aromatic rings. The Morgan fingerprint density at radius 1 is 1.25 bits per heavy atom. The first kappa shape index (κ1) is 16.0. The van der Waals surface area contributed by atoms with Crippen LogP contribution in [0.3, 0.4) is 0 Å². The van der Waals surface area contributed by atoms with Gasteiger partial charge in [0.1, 0.15) is 0 Å². The van der Waals surface area contributed by atoms with Crippen molar-refractivity contribution in [3.63, 3.8) is 0 Å². The van der Waals surface area contributed by atoms with Gasteiger partial charge in [-0.3, -0.25) is 0 Å². The van der Waals surface area contributed by atoms with Crippen LogP contribution in [-0.4, -0.2) is 34.9 Å². The molecule has 0 bridgehead atoms. The molecule has 1 rings (SSSR count). The molecule has 4 N–H and O–H groups in total. The molecule has 6 nitrogen and oxygen atoms in total. The molecule has 1 aromatic carbocycles. The van der Waals surface area contributed by atoms with Gasteiger partial charge in [-0.15, -0.1) is 0 Å². The number of amides is 2. The van der Waals surface area contributed by atoms with Gasteiger partial charge >= 0.3 is 12.0 Å². The summed E-state index contributed by atoms with van der Waals surface area (Å²) in [6, 6.07) is 7.11. The summed E-state index contributed by atoms with van der Waals surface area (Å²) in [5, 5.41) is 22.6. The Morgan fingerprint density at radius 3 is 2.45 bits per heavy atom. The third kappa shape index (κ3) is 5.71. The first-order valence-electron chi connectivity index (χ1n) is 6.57. The number of carboxylic acids is 1. The second-order valence-corrected chi connectivity index (χ2v) is 4.47. The topological polar surface area (TPSA) is 98.7 Å². The van der Waals surface area contributed by atoms with Crippen LogP contribution >= 0.6 is 0 Å². The van der Waals surface area contributed by atoms with Crippen molar-refractivity contribution < 1.29 is 19.8 Å². The largest absolute Gasteiger partial charge is 0.479 e.